The third kappa shape index (κ3) is 5.54. The Morgan fingerprint density at radius 2 is 1.93 bits per heavy atom. The molecule has 0 radical (unpaired) electrons. The summed E-state index contributed by atoms with van der Waals surface area (Å²) in [5.41, 5.74) is 3.24. The van der Waals surface area contributed by atoms with Crippen molar-refractivity contribution in [1.29, 1.82) is 0 Å². The number of benzene rings is 2. The molecule has 0 aliphatic heterocycles. The van der Waals surface area contributed by atoms with Gasteiger partial charge in [-0.25, -0.2) is 8.42 Å². The van der Waals surface area contributed by atoms with E-state index in [-0.39, 0.29) is 11.7 Å². The third-order valence-corrected chi connectivity index (χ3v) is 5.90. The van der Waals surface area contributed by atoms with Crippen LogP contribution < -0.4 is 10.1 Å². The highest BCUT2D eigenvalue weighted by atomic mass is 127. The van der Waals surface area contributed by atoms with Crippen LogP contribution in [0.3, 0.4) is 0 Å². The summed E-state index contributed by atoms with van der Waals surface area (Å²) in [7, 11) is -1.74. The number of ether oxygens (including phenoxy) is 1. The predicted molar refractivity (Wildman–Crippen MR) is 122 cm³/mol. The zero-order valence-electron chi connectivity index (χ0n) is 15.8. The predicted octanol–water partition coefficient (Wildman–Crippen LogP) is 4.16. The van der Waals surface area contributed by atoms with Crippen molar-refractivity contribution in [3.05, 3.63) is 75.5 Å². The van der Waals surface area contributed by atoms with E-state index in [1.807, 2.05) is 36.4 Å². The number of methoxy groups -OCH3 is 1. The monoisotopic (exact) mass is 522 g/mol. The summed E-state index contributed by atoms with van der Waals surface area (Å²) >= 11 is 2.23. The van der Waals surface area contributed by atoms with E-state index in [0.29, 0.717) is 22.6 Å². The van der Waals surface area contributed by atoms with Gasteiger partial charge in [0.25, 0.3) is 5.91 Å². The Bertz CT molecular complexity index is 1150. The van der Waals surface area contributed by atoms with Crippen LogP contribution >= 0.6 is 22.6 Å². The summed E-state index contributed by atoms with van der Waals surface area (Å²) in [6.07, 6.45) is 2.88. The van der Waals surface area contributed by atoms with E-state index in [1.165, 1.54) is 7.11 Å². The quantitative estimate of drug-likeness (QED) is 0.492. The highest BCUT2D eigenvalue weighted by Gasteiger charge is 2.16. The van der Waals surface area contributed by atoms with Crippen LogP contribution in [-0.2, 0) is 15.6 Å². The number of halogens is 1. The van der Waals surface area contributed by atoms with Crippen molar-refractivity contribution >= 4 is 44.0 Å². The molecule has 29 heavy (non-hydrogen) atoms. The van der Waals surface area contributed by atoms with Crippen LogP contribution in [0.5, 0.6) is 5.75 Å². The van der Waals surface area contributed by atoms with E-state index in [1.54, 1.807) is 24.4 Å². The fourth-order valence-corrected chi connectivity index (χ4v) is 4.23. The van der Waals surface area contributed by atoms with E-state index >= 15 is 0 Å². The second-order valence-electron chi connectivity index (χ2n) is 6.47. The maximum absolute atomic E-state index is 12.8. The summed E-state index contributed by atoms with van der Waals surface area (Å²) in [6.45, 7) is 0. The van der Waals surface area contributed by atoms with Crippen LogP contribution in [0, 0.1) is 3.57 Å². The number of nitrogens with one attached hydrogen (secondary N) is 1. The van der Waals surface area contributed by atoms with E-state index in [4.69, 9.17) is 4.74 Å². The lowest BCUT2D eigenvalue weighted by Crippen LogP contribution is -2.14. The first kappa shape index (κ1) is 21.3. The molecule has 0 spiro atoms. The molecule has 1 amide bonds. The van der Waals surface area contributed by atoms with Gasteiger partial charge >= 0.3 is 0 Å². The molecule has 3 aromatic rings. The van der Waals surface area contributed by atoms with Crippen LogP contribution in [-0.4, -0.2) is 32.7 Å². The van der Waals surface area contributed by atoms with Gasteiger partial charge in [0.1, 0.15) is 5.75 Å². The van der Waals surface area contributed by atoms with Gasteiger partial charge in [-0.1, -0.05) is 12.1 Å². The fraction of sp³-hybridized carbons (Fsp3) is 0.143. The summed E-state index contributed by atoms with van der Waals surface area (Å²) in [5.74, 6) is -0.143. The van der Waals surface area contributed by atoms with Crippen LogP contribution in [0.4, 0.5) is 5.69 Å². The van der Waals surface area contributed by atoms with Crippen molar-refractivity contribution in [3.63, 3.8) is 0 Å². The van der Waals surface area contributed by atoms with Crippen LogP contribution in [0.1, 0.15) is 15.9 Å². The number of carbonyl (C=O) groups is 1. The summed E-state index contributed by atoms with van der Waals surface area (Å²) in [5, 5.41) is 2.87. The number of rotatable bonds is 6. The van der Waals surface area contributed by atoms with Gasteiger partial charge in [-0.3, -0.25) is 9.78 Å². The van der Waals surface area contributed by atoms with Crippen molar-refractivity contribution < 1.29 is 17.9 Å². The van der Waals surface area contributed by atoms with Gasteiger partial charge in [0.15, 0.2) is 9.84 Å². The number of carbonyl (C=O) groups excluding carboxylic acids is 1. The van der Waals surface area contributed by atoms with Crippen LogP contribution in [0.25, 0.3) is 11.3 Å². The largest absolute Gasteiger partial charge is 0.496 e. The molecule has 8 heteroatoms. The normalized spacial score (nSPS) is 11.1. The van der Waals surface area contributed by atoms with Gasteiger partial charge in [0.05, 0.1) is 24.1 Å². The minimum absolute atomic E-state index is 0.115. The molecule has 0 atom stereocenters. The lowest BCUT2D eigenvalue weighted by molar-refractivity contribution is 0.102. The molecular weight excluding hydrogens is 503 g/mol. The summed E-state index contributed by atoms with van der Waals surface area (Å²) in [4.78, 5) is 17.2. The maximum atomic E-state index is 12.8. The van der Waals surface area contributed by atoms with Gasteiger partial charge in [-0.2, -0.15) is 0 Å². The average Bonchev–Trinajstić information content (AvgIpc) is 2.68. The van der Waals surface area contributed by atoms with Gasteiger partial charge in [-0.05, 0) is 70.6 Å². The van der Waals surface area contributed by atoms with Crippen molar-refractivity contribution in [2.45, 2.75) is 5.75 Å². The Labute approximate surface area is 183 Å². The van der Waals surface area contributed by atoms with E-state index in [2.05, 4.69) is 32.9 Å². The Hall–Kier alpha value is -2.46. The first-order valence-corrected chi connectivity index (χ1v) is 11.8. The molecular formula is C21H19IN2O4S. The first-order chi connectivity index (χ1) is 13.8. The molecule has 1 aromatic heterocycles. The highest BCUT2D eigenvalue weighted by molar-refractivity contribution is 14.1. The second-order valence-corrected chi connectivity index (χ2v) is 9.77. The molecule has 1 heterocycles. The Kier molecular flexibility index (Phi) is 6.53. The Morgan fingerprint density at radius 3 is 2.59 bits per heavy atom. The van der Waals surface area contributed by atoms with Gasteiger partial charge < -0.3 is 10.1 Å². The smallest absolute Gasteiger partial charge is 0.259 e. The number of hydrogen-bond donors (Lipinski definition) is 1. The highest BCUT2D eigenvalue weighted by Crippen LogP contribution is 2.28. The van der Waals surface area contributed by atoms with Crippen molar-refractivity contribution in [3.8, 4) is 17.0 Å². The minimum atomic E-state index is -3.18. The van der Waals surface area contributed by atoms with E-state index in [0.717, 1.165) is 21.1 Å². The molecule has 0 unspecified atom stereocenters. The fourth-order valence-electron chi connectivity index (χ4n) is 2.84. The molecule has 6 nitrogen and oxygen atoms in total. The molecule has 3 rings (SSSR count). The second kappa shape index (κ2) is 8.91. The zero-order chi connectivity index (χ0) is 21.0. The number of hydrogen-bond acceptors (Lipinski definition) is 5. The SMILES string of the molecule is COc1cc(CS(C)(=O)=O)ccc1C(=O)Nc1ccc(I)c(-c2ccccn2)c1. The van der Waals surface area contributed by atoms with Gasteiger partial charge in [0.2, 0.25) is 0 Å². The number of anilines is 1. The molecule has 0 fully saturated rings. The van der Waals surface area contributed by atoms with Gasteiger partial charge in [-0.15, -0.1) is 0 Å². The van der Waals surface area contributed by atoms with Crippen molar-refractivity contribution in [2.75, 3.05) is 18.7 Å². The van der Waals surface area contributed by atoms with Crippen LogP contribution in [0.15, 0.2) is 60.8 Å². The number of aromatic nitrogens is 1. The Balaban J connectivity index is 1.87. The standard InChI is InChI=1S/C21H19IN2O4S/c1-28-20-11-14(13-29(2,26)27)6-8-16(20)21(25)24-15-7-9-18(22)17(12-15)19-5-3-4-10-23-19/h3-12H,13H2,1-2H3,(H,24,25). The molecule has 1 N–H and O–H groups in total. The maximum Gasteiger partial charge on any atom is 0.259 e. The average molecular weight is 522 g/mol. The molecule has 0 bridgehead atoms. The van der Waals surface area contributed by atoms with Crippen molar-refractivity contribution in [2.24, 2.45) is 0 Å². The number of sulfone groups is 1. The zero-order valence-corrected chi connectivity index (χ0v) is 18.8. The molecule has 0 aliphatic carbocycles. The number of nitrogens with zero attached hydrogens (tertiary/aromatic N) is 1. The number of amides is 1. The number of pyridine rings is 1. The minimum Gasteiger partial charge on any atom is -0.496 e. The lowest BCUT2D eigenvalue weighted by Gasteiger charge is -2.12. The van der Waals surface area contributed by atoms with Crippen LogP contribution in [0.2, 0.25) is 0 Å². The Morgan fingerprint density at radius 1 is 1.14 bits per heavy atom. The summed E-state index contributed by atoms with van der Waals surface area (Å²) in [6, 6.07) is 16.0. The van der Waals surface area contributed by atoms with E-state index in [9.17, 15) is 13.2 Å². The summed E-state index contributed by atoms with van der Waals surface area (Å²) < 4.78 is 29.3. The topological polar surface area (TPSA) is 85.4 Å². The molecule has 0 aliphatic rings. The van der Waals surface area contributed by atoms with Crippen molar-refractivity contribution in [1.82, 2.24) is 4.98 Å². The lowest BCUT2D eigenvalue weighted by atomic mass is 10.1. The first-order valence-electron chi connectivity index (χ1n) is 8.64. The molecule has 0 saturated carbocycles. The molecule has 2 aromatic carbocycles. The molecule has 150 valence electrons. The van der Waals surface area contributed by atoms with Gasteiger partial charge in [0, 0.05) is 27.3 Å². The third-order valence-electron chi connectivity index (χ3n) is 4.10. The molecule has 0 saturated heterocycles. The van der Waals surface area contributed by atoms with E-state index < -0.39 is 9.84 Å².